The zero-order chi connectivity index (χ0) is 25.7. The van der Waals surface area contributed by atoms with E-state index in [1.54, 1.807) is 43.0 Å². The van der Waals surface area contributed by atoms with Crippen LogP contribution in [0.25, 0.3) is 0 Å². The van der Waals surface area contributed by atoms with Crippen molar-refractivity contribution in [3.8, 4) is 5.75 Å². The molecule has 2 heterocycles. The third-order valence-electron chi connectivity index (χ3n) is 6.20. The van der Waals surface area contributed by atoms with Gasteiger partial charge in [-0.2, -0.15) is 0 Å². The molecule has 0 spiro atoms. The second-order valence-electron chi connectivity index (χ2n) is 8.73. The summed E-state index contributed by atoms with van der Waals surface area (Å²) in [6.07, 6.45) is 0. The minimum atomic E-state index is -4.10. The SMILES string of the molecule is CCOc1ccc(N(CC(=O)N2CCN(Cc3ccccc3)CC2)S(=O)(=O)c2c(C)noc2C)cc1. The molecule has 0 N–H and O–H groups in total. The van der Waals surface area contributed by atoms with Crippen LogP contribution >= 0.6 is 0 Å². The Bertz CT molecular complexity index is 1250. The van der Waals surface area contributed by atoms with Crippen LogP contribution in [0.1, 0.15) is 23.9 Å². The largest absolute Gasteiger partial charge is 0.494 e. The van der Waals surface area contributed by atoms with Crippen LogP contribution in [0.15, 0.2) is 64.0 Å². The Hall–Kier alpha value is -3.37. The summed E-state index contributed by atoms with van der Waals surface area (Å²) in [7, 11) is -4.10. The van der Waals surface area contributed by atoms with Gasteiger partial charge in [0.1, 0.15) is 18.0 Å². The highest BCUT2D eigenvalue weighted by molar-refractivity contribution is 7.93. The number of rotatable bonds is 9. The molecule has 2 aromatic carbocycles. The van der Waals surface area contributed by atoms with Crippen molar-refractivity contribution in [3.63, 3.8) is 0 Å². The molecular weight excluding hydrogens is 480 g/mol. The Morgan fingerprint density at radius 2 is 1.69 bits per heavy atom. The van der Waals surface area contributed by atoms with Crippen LogP contribution in [0.5, 0.6) is 5.75 Å². The lowest BCUT2D eigenvalue weighted by Gasteiger charge is -2.36. The van der Waals surface area contributed by atoms with E-state index in [4.69, 9.17) is 9.26 Å². The fourth-order valence-corrected chi connectivity index (χ4v) is 6.07. The van der Waals surface area contributed by atoms with Gasteiger partial charge in [-0.25, -0.2) is 8.42 Å². The van der Waals surface area contributed by atoms with Crippen molar-refractivity contribution >= 4 is 21.6 Å². The number of amides is 1. The Labute approximate surface area is 212 Å². The molecule has 10 heteroatoms. The summed E-state index contributed by atoms with van der Waals surface area (Å²) in [5, 5.41) is 3.81. The van der Waals surface area contributed by atoms with Crippen LogP contribution in [-0.2, 0) is 21.4 Å². The third-order valence-corrected chi connectivity index (χ3v) is 8.22. The lowest BCUT2D eigenvalue weighted by molar-refractivity contribution is -0.131. The van der Waals surface area contributed by atoms with Gasteiger partial charge in [0.2, 0.25) is 5.91 Å². The first-order valence-corrected chi connectivity index (χ1v) is 13.5. The van der Waals surface area contributed by atoms with Crippen LogP contribution in [-0.4, -0.2) is 68.6 Å². The quantitative estimate of drug-likeness (QED) is 0.434. The highest BCUT2D eigenvalue weighted by Gasteiger charge is 2.34. The summed E-state index contributed by atoms with van der Waals surface area (Å²) in [5.41, 5.74) is 1.85. The number of hydrogen-bond acceptors (Lipinski definition) is 7. The first kappa shape index (κ1) is 25.7. The Balaban J connectivity index is 1.52. The van der Waals surface area contributed by atoms with Gasteiger partial charge in [-0.3, -0.25) is 14.0 Å². The van der Waals surface area contributed by atoms with Crippen molar-refractivity contribution < 1.29 is 22.5 Å². The average molecular weight is 513 g/mol. The number of piperazine rings is 1. The molecule has 192 valence electrons. The van der Waals surface area contributed by atoms with Gasteiger partial charge in [0.05, 0.1) is 12.3 Å². The summed E-state index contributed by atoms with van der Waals surface area (Å²) in [6, 6.07) is 16.9. The first-order chi connectivity index (χ1) is 17.3. The van der Waals surface area contributed by atoms with E-state index >= 15 is 0 Å². The number of anilines is 1. The third kappa shape index (κ3) is 5.71. The molecule has 9 nitrogen and oxygen atoms in total. The van der Waals surface area contributed by atoms with E-state index in [1.807, 2.05) is 25.1 Å². The Kier molecular flexibility index (Phi) is 7.95. The predicted molar refractivity (Wildman–Crippen MR) is 136 cm³/mol. The highest BCUT2D eigenvalue weighted by atomic mass is 32.2. The minimum absolute atomic E-state index is 0.0168. The standard InChI is InChI=1S/C26H32N4O5S/c1-4-34-24-12-10-23(11-13-24)30(36(32,33)26-20(2)27-35-21(26)3)19-25(31)29-16-14-28(15-17-29)18-22-8-6-5-7-9-22/h5-13H,4,14-19H2,1-3H3. The maximum atomic E-state index is 13.7. The molecule has 1 aromatic heterocycles. The molecule has 1 aliphatic heterocycles. The second kappa shape index (κ2) is 11.1. The zero-order valence-corrected chi connectivity index (χ0v) is 21.7. The molecule has 4 rings (SSSR count). The number of ether oxygens (including phenoxy) is 1. The van der Waals surface area contributed by atoms with Crippen LogP contribution < -0.4 is 9.04 Å². The molecule has 36 heavy (non-hydrogen) atoms. The van der Waals surface area contributed by atoms with E-state index in [1.165, 1.54) is 5.56 Å². The van der Waals surface area contributed by atoms with Crippen molar-refractivity contribution in [2.45, 2.75) is 32.2 Å². The van der Waals surface area contributed by atoms with E-state index in [2.05, 4.69) is 22.2 Å². The second-order valence-corrected chi connectivity index (χ2v) is 10.5. The monoisotopic (exact) mass is 512 g/mol. The number of sulfonamides is 1. The molecule has 0 atom stereocenters. The van der Waals surface area contributed by atoms with Gasteiger partial charge in [-0.05, 0) is 50.6 Å². The number of carbonyl (C=O) groups is 1. The fraction of sp³-hybridized carbons (Fsp3) is 0.385. The molecule has 0 aliphatic carbocycles. The Morgan fingerprint density at radius 3 is 2.28 bits per heavy atom. The lowest BCUT2D eigenvalue weighted by atomic mass is 10.2. The number of carbonyl (C=O) groups excluding carboxylic acids is 1. The number of benzene rings is 2. The summed E-state index contributed by atoms with van der Waals surface area (Å²) in [6.45, 7) is 8.52. The summed E-state index contributed by atoms with van der Waals surface area (Å²) in [4.78, 5) is 17.3. The summed E-state index contributed by atoms with van der Waals surface area (Å²) >= 11 is 0. The molecule has 0 unspecified atom stereocenters. The van der Waals surface area contributed by atoms with Crippen molar-refractivity contribution in [3.05, 3.63) is 71.6 Å². The number of hydrogen-bond donors (Lipinski definition) is 0. The van der Waals surface area contributed by atoms with Gasteiger partial charge in [0, 0.05) is 32.7 Å². The maximum Gasteiger partial charge on any atom is 0.270 e. The molecule has 0 radical (unpaired) electrons. The van der Waals surface area contributed by atoms with E-state index in [9.17, 15) is 13.2 Å². The van der Waals surface area contributed by atoms with Gasteiger partial charge in [-0.1, -0.05) is 35.5 Å². The predicted octanol–water partition coefficient (Wildman–Crippen LogP) is 3.23. The molecule has 1 amide bonds. The fourth-order valence-electron chi connectivity index (χ4n) is 4.36. The van der Waals surface area contributed by atoms with Crippen molar-refractivity contribution in [1.82, 2.24) is 15.0 Å². The highest BCUT2D eigenvalue weighted by Crippen LogP contribution is 2.29. The molecule has 1 fully saturated rings. The van der Waals surface area contributed by atoms with Gasteiger partial charge in [-0.15, -0.1) is 0 Å². The van der Waals surface area contributed by atoms with Crippen molar-refractivity contribution in [2.75, 3.05) is 43.6 Å². The van der Waals surface area contributed by atoms with Crippen LogP contribution in [0, 0.1) is 13.8 Å². The smallest absolute Gasteiger partial charge is 0.270 e. The summed E-state index contributed by atoms with van der Waals surface area (Å²) in [5.74, 6) is 0.556. The number of aromatic nitrogens is 1. The van der Waals surface area contributed by atoms with E-state index in [0.717, 1.165) is 23.9 Å². The lowest BCUT2D eigenvalue weighted by Crippen LogP contribution is -2.51. The first-order valence-electron chi connectivity index (χ1n) is 12.0. The van der Waals surface area contributed by atoms with Crippen LogP contribution in [0.3, 0.4) is 0 Å². The van der Waals surface area contributed by atoms with E-state index in [-0.39, 0.29) is 28.8 Å². The molecular formula is C26H32N4O5S. The Morgan fingerprint density at radius 1 is 1.03 bits per heavy atom. The molecule has 1 aliphatic rings. The van der Waals surface area contributed by atoms with Gasteiger partial charge in [0.15, 0.2) is 10.7 Å². The number of aryl methyl sites for hydroxylation is 2. The topological polar surface area (TPSA) is 96.2 Å². The average Bonchev–Trinajstić information content (AvgIpc) is 3.22. The van der Waals surface area contributed by atoms with Gasteiger partial charge >= 0.3 is 0 Å². The van der Waals surface area contributed by atoms with Gasteiger partial charge < -0.3 is 14.2 Å². The van der Waals surface area contributed by atoms with Crippen LogP contribution in [0.2, 0.25) is 0 Å². The molecule has 0 bridgehead atoms. The zero-order valence-electron chi connectivity index (χ0n) is 20.9. The van der Waals surface area contributed by atoms with Crippen molar-refractivity contribution in [2.24, 2.45) is 0 Å². The molecule has 3 aromatic rings. The van der Waals surface area contributed by atoms with Gasteiger partial charge in [0.25, 0.3) is 10.0 Å². The molecule has 0 saturated carbocycles. The molecule has 1 saturated heterocycles. The van der Waals surface area contributed by atoms with Crippen LogP contribution in [0.4, 0.5) is 5.69 Å². The summed E-state index contributed by atoms with van der Waals surface area (Å²) < 4.78 is 39.2. The van der Waals surface area contributed by atoms with Crippen molar-refractivity contribution in [1.29, 1.82) is 0 Å². The maximum absolute atomic E-state index is 13.7. The number of nitrogens with zero attached hydrogens (tertiary/aromatic N) is 4. The minimum Gasteiger partial charge on any atom is -0.494 e. The van der Waals surface area contributed by atoms with E-state index in [0.29, 0.717) is 31.1 Å². The normalized spacial score (nSPS) is 14.6. The van der Waals surface area contributed by atoms with E-state index < -0.39 is 10.0 Å².